The van der Waals surface area contributed by atoms with Crippen LogP contribution in [-0.4, -0.2) is 44.8 Å². The molecule has 6 heteroatoms. The number of amides is 1. The maximum Gasteiger partial charge on any atom is 0.414 e. The summed E-state index contributed by atoms with van der Waals surface area (Å²) in [5, 5.41) is 3.56. The summed E-state index contributed by atoms with van der Waals surface area (Å²) in [5.74, 6) is 0.951. The lowest BCUT2D eigenvalue weighted by Gasteiger charge is -2.25. The van der Waals surface area contributed by atoms with E-state index in [2.05, 4.69) is 29.3 Å². The van der Waals surface area contributed by atoms with E-state index in [0.717, 1.165) is 18.0 Å². The standard InChI is InChI=1S/C19H25N3O3/c1-14(20-13-17(21(2)3)18-5-4-11-24-18)15-6-8-16(9-7-15)22-10-12-25-19(22)23/h4-9,11,14,17,20H,10,12-13H2,1-3H3/t14-,17+/m0/s1. The zero-order valence-electron chi connectivity index (χ0n) is 14.9. The number of nitrogens with zero attached hydrogens (tertiary/aromatic N) is 2. The van der Waals surface area contributed by atoms with Crippen LogP contribution in [0.4, 0.5) is 10.5 Å². The van der Waals surface area contributed by atoms with Gasteiger partial charge in [-0.1, -0.05) is 12.1 Å². The molecule has 1 aromatic heterocycles. The highest BCUT2D eigenvalue weighted by atomic mass is 16.6. The Morgan fingerprint density at radius 3 is 2.56 bits per heavy atom. The molecule has 2 aromatic rings. The van der Waals surface area contributed by atoms with Gasteiger partial charge in [-0.2, -0.15) is 0 Å². The van der Waals surface area contributed by atoms with Crippen LogP contribution in [0, 0.1) is 0 Å². The van der Waals surface area contributed by atoms with Crippen LogP contribution >= 0.6 is 0 Å². The van der Waals surface area contributed by atoms with Crippen molar-refractivity contribution in [3.05, 3.63) is 54.0 Å². The van der Waals surface area contributed by atoms with Crippen LogP contribution in [-0.2, 0) is 4.74 Å². The Balaban J connectivity index is 1.61. The lowest BCUT2D eigenvalue weighted by Crippen LogP contribution is -2.32. The fourth-order valence-corrected chi connectivity index (χ4v) is 3.00. The first-order chi connectivity index (χ1) is 12.1. The van der Waals surface area contributed by atoms with Gasteiger partial charge in [0.25, 0.3) is 0 Å². The normalized spacial score (nSPS) is 17.0. The SMILES string of the molecule is C[C@H](NC[C@H](c1ccco1)N(C)C)c1ccc(N2CCOC2=O)cc1. The number of carbonyl (C=O) groups is 1. The number of likely N-dealkylation sites (N-methyl/N-ethyl adjacent to an activating group) is 1. The van der Waals surface area contributed by atoms with E-state index >= 15 is 0 Å². The van der Waals surface area contributed by atoms with E-state index in [1.165, 1.54) is 5.56 Å². The number of hydrogen-bond acceptors (Lipinski definition) is 5. The number of anilines is 1. The quantitative estimate of drug-likeness (QED) is 0.837. The maximum atomic E-state index is 11.6. The average molecular weight is 343 g/mol. The van der Waals surface area contributed by atoms with Gasteiger partial charge in [-0.05, 0) is 50.8 Å². The number of furan rings is 1. The Kier molecular flexibility index (Phi) is 5.40. The van der Waals surface area contributed by atoms with Crippen molar-refractivity contribution in [1.82, 2.24) is 10.2 Å². The third-order valence-electron chi connectivity index (χ3n) is 4.58. The molecule has 2 atom stereocenters. The average Bonchev–Trinajstić information content (AvgIpc) is 3.26. The first kappa shape index (κ1) is 17.5. The van der Waals surface area contributed by atoms with Crippen LogP contribution in [0.1, 0.15) is 30.3 Å². The molecular formula is C19H25N3O3. The van der Waals surface area contributed by atoms with Crippen molar-refractivity contribution < 1.29 is 13.9 Å². The summed E-state index contributed by atoms with van der Waals surface area (Å²) in [4.78, 5) is 15.4. The summed E-state index contributed by atoms with van der Waals surface area (Å²) in [6, 6.07) is 12.3. The van der Waals surface area contributed by atoms with Gasteiger partial charge in [0.2, 0.25) is 0 Å². The molecule has 2 heterocycles. The van der Waals surface area contributed by atoms with Gasteiger partial charge < -0.3 is 14.5 Å². The number of carbonyl (C=O) groups excluding carboxylic acids is 1. The maximum absolute atomic E-state index is 11.6. The van der Waals surface area contributed by atoms with Gasteiger partial charge in [0.15, 0.2) is 0 Å². The van der Waals surface area contributed by atoms with Gasteiger partial charge in [-0.15, -0.1) is 0 Å². The summed E-state index contributed by atoms with van der Waals surface area (Å²) >= 11 is 0. The van der Waals surface area contributed by atoms with Crippen molar-refractivity contribution in [3.8, 4) is 0 Å². The predicted octanol–water partition coefficient (Wildman–Crippen LogP) is 3.19. The smallest absolute Gasteiger partial charge is 0.414 e. The monoisotopic (exact) mass is 343 g/mol. The van der Waals surface area contributed by atoms with Crippen LogP contribution in [0.2, 0.25) is 0 Å². The molecule has 1 aliphatic rings. The second-order valence-corrected chi connectivity index (χ2v) is 6.48. The fraction of sp³-hybridized carbons (Fsp3) is 0.421. The third-order valence-corrected chi connectivity index (χ3v) is 4.58. The van der Waals surface area contributed by atoms with Crippen LogP contribution in [0.15, 0.2) is 47.1 Å². The first-order valence-corrected chi connectivity index (χ1v) is 8.53. The second kappa shape index (κ2) is 7.72. The van der Waals surface area contributed by atoms with Gasteiger partial charge >= 0.3 is 6.09 Å². The van der Waals surface area contributed by atoms with Crippen molar-refractivity contribution in [2.75, 3.05) is 38.7 Å². The van der Waals surface area contributed by atoms with Gasteiger partial charge in [0.05, 0.1) is 18.8 Å². The van der Waals surface area contributed by atoms with E-state index in [1.807, 2.05) is 38.4 Å². The second-order valence-electron chi connectivity index (χ2n) is 6.48. The Hall–Kier alpha value is -2.31. The molecular weight excluding hydrogens is 318 g/mol. The van der Waals surface area contributed by atoms with E-state index < -0.39 is 0 Å². The number of rotatable bonds is 7. The number of nitrogens with one attached hydrogen (secondary N) is 1. The molecule has 3 rings (SSSR count). The minimum Gasteiger partial charge on any atom is -0.468 e. The molecule has 1 amide bonds. The lowest BCUT2D eigenvalue weighted by atomic mass is 10.1. The Morgan fingerprint density at radius 1 is 1.24 bits per heavy atom. The van der Waals surface area contributed by atoms with Gasteiger partial charge in [-0.3, -0.25) is 9.80 Å². The third kappa shape index (κ3) is 4.03. The summed E-state index contributed by atoms with van der Waals surface area (Å²) in [6.45, 7) is 3.98. The summed E-state index contributed by atoms with van der Waals surface area (Å²) in [5.41, 5.74) is 2.05. The number of hydrogen-bond donors (Lipinski definition) is 1. The molecule has 1 aromatic carbocycles. The van der Waals surface area contributed by atoms with Crippen LogP contribution in [0.25, 0.3) is 0 Å². The van der Waals surface area contributed by atoms with E-state index in [1.54, 1.807) is 11.2 Å². The highest BCUT2D eigenvalue weighted by Gasteiger charge is 2.23. The molecule has 0 aliphatic carbocycles. The molecule has 1 saturated heterocycles. The predicted molar refractivity (Wildman–Crippen MR) is 96.7 cm³/mol. The zero-order valence-corrected chi connectivity index (χ0v) is 14.9. The highest BCUT2D eigenvalue weighted by Crippen LogP contribution is 2.23. The van der Waals surface area contributed by atoms with Crippen molar-refractivity contribution in [2.24, 2.45) is 0 Å². The van der Waals surface area contributed by atoms with Crippen LogP contribution < -0.4 is 10.2 Å². The van der Waals surface area contributed by atoms with Crippen LogP contribution in [0.3, 0.4) is 0 Å². The Morgan fingerprint density at radius 2 is 2.00 bits per heavy atom. The Labute approximate surface area is 148 Å². The molecule has 1 fully saturated rings. The van der Waals surface area contributed by atoms with Gasteiger partial charge in [0.1, 0.15) is 12.4 Å². The Bertz CT molecular complexity index is 682. The minimum absolute atomic E-state index is 0.177. The molecule has 1 aliphatic heterocycles. The van der Waals surface area contributed by atoms with Gasteiger partial charge in [-0.25, -0.2) is 4.79 Å². The van der Waals surface area contributed by atoms with Crippen molar-refractivity contribution in [1.29, 1.82) is 0 Å². The lowest BCUT2D eigenvalue weighted by molar-refractivity contribution is 0.181. The molecule has 1 N–H and O–H groups in total. The summed E-state index contributed by atoms with van der Waals surface area (Å²) < 4.78 is 10.5. The highest BCUT2D eigenvalue weighted by molar-refractivity contribution is 5.89. The molecule has 0 saturated carbocycles. The number of cyclic esters (lactones) is 1. The molecule has 0 radical (unpaired) electrons. The zero-order chi connectivity index (χ0) is 17.8. The molecule has 134 valence electrons. The van der Waals surface area contributed by atoms with Crippen molar-refractivity contribution in [2.45, 2.75) is 19.0 Å². The molecule has 0 bridgehead atoms. The summed E-state index contributed by atoms with van der Waals surface area (Å²) in [7, 11) is 4.09. The van der Waals surface area contributed by atoms with E-state index in [9.17, 15) is 4.79 Å². The molecule has 6 nitrogen and oxygen atoms in total. The van der Waals surface area contributed by atoms with Crippen LogP contribution in [0.5, 0.6) is 0 Å². The van der Waals surface area contributed by atoms with Crippen molar-refractivity contribution >= 4 is 11.8 Å². The largest absolute Gasteiger partial charge is 0.468 e. The van der Waals surface area contributed by atoms with E-state index in [-0.39, 0.29) is 18.2 Å². The minimum atomic E-state index is -0.272. The molecule has 0 unspecified atom stereocenters. The van der Waals surface area contributed by atoms with E-state index in [4.69, 9.17) is 9.15 Å². The number of benzene rings is 1. The van der Waals surface area contributed by atoms with E-state index in [0.29, 0.717) is 13.2 Å². The van der Waals surface area contributed by atoms with Gasteiger partial charge in [0, 0.05) is 18.3 Å². The summed E-state index contributed by atoms with van der Waals surface area (Å²) in [6.07, 6.45) is 1.43. The van der Waals surface area contributed by atoms with Crippen molar-refractivity contribution in [3.63, 3.8) is 0 Å². The number of ether oxygens (including phenoxy) is 1. The topological polar surface area (TPSA) is 58.0 Å². The molecule has 25 heavy (non-hydrogen) atoms. The molecule has 0 spiro atoms. The fourth-order valence-electron chi connectivity index (χ4n) is 3.00. The first-order valence-electron chi connectivity index (χ1n) is 8.53.